The summed E-state index contributed by atoms with van der Waals surface area (Å²) in [4.78, 5) is 16.6. The van der Waals surface area contributed by atoms with Gasteiger partial charge in [0, 0.05) is 31.0 Å². The van der Waals surface area contributed by atoms with Crippen LogP contribution in [-0.2, 0) is 22.9 Å². The van der Waals surface area contributed by atoms with E-state index in [9.17, 15) is 4.79 Å². The maximum atomic E-state index is 11.9. The quantitative estimate of drug-likeness (QED) is 0.364. The first kappa shape index (κ1) is 22.6. The van der Waals surface area contributed by atoms with Crippen molar-refractivity contribution in [3.8, 4) is 11.4 Å². The number of rotatable bonds is 6. The fraction of sp³-hybridized carbons (Fsp3) is 0.360. The van der Waals surface area contributed by atoms with Crippen LogP contribution in [0, 0.1) is 0 Å². The summed E-state index contributed by atoms with van der Waals surface area (Å²) in [6.07, 6.45) is 5.49. The summed E-state index contributed by atoms with van der Waals surface area (Å²) in [6, 6.07) is 11.2. The number of benzene rings is 2. The van der Waals surface area contributed by atoms with E-state index in [-0.39, 0.29) is 12.2 Å². The van der Waals surface area contributed by atoms with Gasteiger partial charge in [-0.1, -0.05) is 29.8 Å². The van der Waals surface area contributed by atoms with Crippen LogP contribution in [0.15, 0.2) is 42.6 Å². The van der Waals surface area contributed by atoms with Crippen LogP contribution in [0.1, 0.15) is 54.2 Å². The molecule has 1 saturated heterocycles. The number of aryl methyl sites for hydroxylation is 1. The molecule has 3 heterocycles. The van der Waals surface area contributed by atoms with Gasteiger partial charge < -0.3 is 9.47 Å². The van der Waals surface area contributed by atoms with Crippen molar-refractivity contribution in [2.75, 3.05) is 13.2 Å². The van der Waals surface area contributed by atoms with Gasteiger partial charge in [0.15, 0.2) is 12.1 Å². The van der Waals surface area contributed by atoms with Crippen LogP contribution in [-0.4, -0.2) is 43.7 Å². The third-order valence-electron chi connectivity index (χ3n) is 6.08. The van der Waals surface area contributed by atoms with E-state index >= 15 is 0 Å². The van der Waals surface area contributed by atoms with Crippen molar-refractivity contribution in [3.05, 3.63) is 64.6 Å². The van der Waals surface area contributed by atoms with Crippen LogP contribution in [0.2, 0.25) is 5.02 Å². The molecule has 8 nitrogen and oxygen atoms in total. The Morgan fingerprint density at radius 2 is 2.03 bits per heavy atom. The van der Waals surface area contributed by atoms with E-state index in [1.165, 1.54) is 0 Å². The minimum atomic E-state index is -0.341. The van der Waals surface area contributed by atoms with Crippen LogP contribution in [0.3, 0.4) is 0 Å². The number of halogens is 1. The van der Waals surface area contributed by atoms with E-state index in [1.54, 1.807) is 23.7 Å². The highest BCUT2D eigenvalue weighted by molar-refractivity contribution is 6.36. The van der Waals surface area contributed by atoms with Crippen molar-refractivity contribution in [1.82, 2.24) is 24.5 Å². The molecular formula is C25H26ClN5O3. The molecule has 0 radical (unpaired) electrons. The number of nitrogens with zero attached hydrogens (tertiary/aromatic N) is 5. The predicted octanol–water partition coefficient (Wildman–Crippen LogP) is 4.95. The van der Waals surface area contributed by atoms with Gasteiger partial charge >= 0.3 is 5.97 Å². The minimum Gasteiger partial charge on any atom is -0.462 e. The smallest absolute Gasteiger partial charge is 0.338 e. The first-order chi connectivity index (χ1) is 16.5. The highest BCUT2D eigenvalue weighted by Gasteiger charge is 2.21. The summed E-state index contributed by atoms with van der Waals surface area (Å²) in [6.45, 7) is 2.89. The lowest BCUT2D eigenvalue weighted by molar-refractivity contribution is -0.0366. The monoisotopic (exact) mass is 479 g/mol. The minimum absolute atomic E-state index is 0.0373. The van der Waals surface area contributed by atoms with Gasteiger partial charge in [-0.3, -0.25) is 4.68 Å². The summed E-state index contributed by atoms with van der Waals surface area (Å²) < 4.78 is 14.6. The molecule has 0 aliphatic carbocycles. The third-order valence-corrected chi connectivity index (χ3v) is 6.53. The van der Waals surface area contributed by atoms with Gasteiger partial charge in [-0.15, -0.1) is 0 Å². The summed E-state index contributed by atoms with van der Waals surface area (Å²) in [7, 11) is 1.86. The lowest BCUT2D eigenvalue weighted by atomic mass is 10.1. The number of carbonyl (C=O) groups is 1. The molecule has 1 unspecified atom stereocenters. The molecule has 2 aromatic heterocycles. The Morgan fingerprint density at radius 3 is 2.76 bits per heavy atom. The van der Waals surface area contributed by atoms with E-state index < -0.39 is 0 Å². The van der Waals surface area contributed by atoms with Crippen molar-refractivity contribution in [1.29, 1.82) is 0 Å². The van der Waals surface area contributed by atoms with Gasteiger partial charge in [0.25, 0.3) is 0 Å². The zero-order valence-electron chi connectivity index (χ0n) is 19.2. The Morgan fingerprint density at radius 1 is 1.21 bits per heavy atom. The summed E-state index contributed by atoms with van der Waals surface area (Å²) in [5.41, 5.74) is 3.25. The molecule has 176 valence electrons. The van der Waals surface area contributed by atoms with E-state index in [0.717, 1.165) is 53.7 Å². The van der Waals surface area contributed by atoms with Crippen LogP contribution in [0.5, 0.6) is 0 Å². The van der Waals surface area contributed by atoms with Crippen molar-refractivity contribution in [3.63, 3.8) is 0 Å². The molecule has 1 atom stereocenters. The predicted molar refractivity (Wildman–Crippen MR) is 129 cm³/mol. The Hall–Kier alpha value is -3.23. The largest absolute Gasteiger partial charge is 0.462 e. The zero-order chi connectivity index (χ0) is 23.7. The lowest BCUT2D eigenvalue weighted by Gasteiger charge is -2.23. The molecule has 4 aromatic rings. The van der Waals surface area contributed by atoms with Crippen molar-refractivity contribution >= 4 is 28.5 Å². The highest BCUT2D eigenvalue weighted by atomic mass is 35.5. The molecular weight excluding hydrogens is 454 g/mol. The molecule has 5 rings (SSSR count). The van der Waals surface area contributed by atoms with Crippen molar-refractivity contribution in [2.45, 2.75) is 38.8 Å². The van der Waals surface area contributed by atoms with E-state index in [4.69, 9.17) is 26.1 Å². The maximum absolute atomic E-state index is 11.9. The van der Waals surface area contributed by atoms with Gasteiger partial charge in [0.1, 0.15) is 5.82 Å². The number of ether oxygens (including phenoxy) is 2. The zero-order valence-corrected chi connectivity index (χ0v) is 20.0. The molecule has 1 fully saturated rings. The molecule has 2 aromatic carbocycles. The van der Waals surface area contributed by atoms with Crippen LogP contribution in [0.25, 0.3) is 22.3 Å². The fourth-order valence-electron chi connectivity index (χ4n) is 4.25. The second kappa shape index (κ2) is 9.56. The Balaban J connectivity index is 1.38. The number of carbonyl (C=O) groups excluding carboxylic acids is 1. The van der Waals surface area contributed by atoms with Crippen LogP contribution < -0.4 is 0 Å². The van der Waals surface area contributed by atoms with Crippen molar-refractivity contribution < 1.29 is 14.3 Å². The van der Waals surface area contributed by atoms with Gasteiger partial charge in [0.05, 0.1) is 28.9 Å². The topological polar surface area (TPSA) is 84.1 Å². The van der Waals surface area contributed by atoms with Gasteiger partial charge in [-0.2, -0.15) is 10.2 Å². The summed E-state index contributed by atoms with van der Waals surface area (Å²) in [5, 5.41) is 10.7. The Kier molecular flexibility index (Phi) is 6.34. The molecule has 1 aliphatic rings. The summed E-state index contributed by atoms with van der Waals surface area (Å²) in [5.74, 6) is 1.04. The first-order valence-corrected chi connectivity index (χ1v) is 11.9. The highest BCUT2D eigenvalue weighted by Crippen LogP contribution is 2.32. The first-order valence-electron chi connectivity index (χ1n) is 11.5. The number of hydrogen-bond donors (Lipinski definition) is 0. The number of hydrogen-bond acceptors (Lipinski definition) is 6. The number of esters is 1. The summed E-state index contributed by atoms with van der Waals surface area (Å²) >= 11 is 6.80. The fourth-order valence-corrected chi connectivity index (χ4v) is 4.52. The molecule has 1 aliphatic heterocycles. The lowest BCUT2D eigenvalue weighted by Crippen LogP contribution is -2.18. The van der Waals surface area contributed by atoms with Gasteiger partial charge in [-0.25, -0.2) is 14.5 Å². The molecule has 0 spiro atoms. The molecule has 0 amide bonds. The molecule has 0 N–H and O–H groups in total. The second-order valence-electron chi connectivity index (χ2n) is 8.33. The standard InChI is InChI=1S/C25H26ClN5O3/c1-3-33-25(32)17-9-7-16(8-10-17)24-28-21(30(2)29-24)14-18-11-12-20-19(23(18)26)15-27-31(20)22-6-4-5-13-34-22/h7-12,15,22H,3-6,13-14H2,1-2H3. The van der Waals surface area contributed by atoms with Gasteiger partial charge in [-0.05, 0) is 49.9 Å². The molecule has 0 bridgehead atoms. The number of aromatic nitrogens is 5. The van der Waals surface area contributed by atoms with E-state index in [2.05, 4.69) is 10.2 Å². The van der Waals surface area contributed by atoms with Crippen molar-refractivity contribution in [2.24, 2.45) is 7.05 Å². The maximum Gasteiger partial charge on any atom is 0.338 e. The van der Waals surface area contributed by atoms with E-state index in [0.29, 0.717) is 29.4 Å². The Bertz CT molecular complexity index is 1320. The molecule has 9 heteroatoms. The Labute approximate surface area is 202 Å². The normalized spacial score (nSPS) is 16.1. The second-order valence-corrected chi connectivity index (χ2v) is 8.71. The number of fused-ring (bicyclic) bond motifs is 1. The third kappa shape index (κ3) is 4.31. The molecule has 0 saturated carbocycles. The van der Waals surface area contributed by atoms with Gasteiger partial charge in [0.2, 0.25) is 0 Å². The van der Waals surface area contributed by atoms with Crippen LogP contribution >= 0.6 is 11.6 Å². The molecule has 34 heavy (non-hydrogen) atoms. The SMILES string of the molecule is CCOC(=O)c1ccc(-c2nc(Cc3ccc4c(cnn4C4CCCCO4)c3Cl)n(C)n2)cc1. The van der Waals surface area contributed by atoms with E-state index in [1.807, 2.05) is 42.2 Å². The van der Waals surface area contributed by atoms with Crippen LogP contribution in [0.4, 0.5) is 0 Å². The average molecular weight is 480 g/mol. The average Bonchev–Trinajstić information content (AvgIpc) is 3.46.